The fourth-order valence-electron chi connectivity index (χ4n) is 1.39. The van der Waals surface area contributed by atoms with E-state index in [1.54, 1.807) is 0 Å². The first-order valence-corrected chi connectivity index (χ1v) is 5.67. The average molecular weight is 331 g/mol. The van der Waals surface area contributed by atoms with Crippen molar-refractivity contribution in [3.63, 3.8) is 0 Å². The zero-order valence-corrected chi connectivity index (χ0v) is 10.7. The second kappa shape index (κ2) is 4.88. The van der Waals surface area contributed by atoms with Crippen molar-refractivity contribution in [1.29, 1.82) is 0 Å². The number of carboxylic acid groups (broad SMARTS) is 1. The normalized spacial score (nSPS) is 10.5. The molecule has 5 nitrogen and oxygen atoms in total. The number of nitrogens with one attached hydrogen (secondary N) is 1. The number of hydrogen-bond donors (Lipinski definition) is 2. The molecule has 98 valence electrons. The molecule has 0 aliphatic rings. The van der Waals surface area contributed by atoms with Crippen LogP contribution in [0.25, 0.3) is 11.4 Å². The van der Waals surface area contributed by atoms with Crippen LogP contribution in [-0.2, 0) is 0 Å². The van der Waals surface area contributed by atoms with Gasteiger partial charge in [0.1, 0.15) is 11.4 Å². The Morgan fingerprint density at radius 2 is 2.05 bits per heavy atom. The molecule has 2 N–H and O–H groups in total. The Hall–Kier alpha value is -2.09. The number of nitrogens with zero attached hydrogens (tertiary/aromatic N) is 1. The summed E-state index contributed by atoms with van der Waals surface area (Å²) in [5.74, 6) is -3.67. The number of aromatic amines is 1. The largest absolute Gasteiger partial charge is 0.477 e. The Bertz CT molecular complexity index is 730. The first-order valence-electron chi connectivity index (χ1n) is 4.88. The fraction of sp³-hybridized carbons (Fsp3) is 0. The van der Waals surface area contributed by atoms with Crippen LogP contribution in [0.2, 0.25) is 0 Å². The molecule has 0 atom stereocenters. The van der Waals surface area contributed by atoms with Crippen molar-refractivity contribution >= 4 is 21.9 Å². The summed E-state index contributed by atoms with van der Waals surface area (Å²) in [5.41, 5.74) is -1.32. The van der Waals surface area contributed by atoms with Crippen LogP contribution >= 0.6 is 15.9 Å². The molecule has 0 bridgehead atoms. The molecule has 0 fully saturated rings. The lowest BCUT2D eigenvalue weighted by Gasteiger charge is -2.05. The quantitative estimate of drug-likeness (QED) is 0.827. The highest BCUT2D eigenvalue weighted by molar-refractivity contribution is 9.10. The molecule has 1 aromatic heterocycles. The minimum absolute atomic E-state index is 0.0687. The Kier molecular flexibility index (Phi) is 3.43. The third-order valence-corrected chi connectivity index (χ3v) is 3.10. The van der Waals surface area contributed by atoms with Gasteiger partial charge in [0.15, 0.2) is 11.6 Å². The Morgan fingerprint density at radius 3 is 2.63 bits per heavy atom. The molecule has 0 saturated heterocycles. The van der Waals surface area contributed by atoms with E-state index >= 15 is 0 Å². The van der Waals surface area contributed by atoms with Gasteiger partial charge in [-0.3, -0.25) is 4.79 Å². The molecular formula is C11H5BrF2N2O3. The van der Waals surface area contributed by atoms with Crippen LogP contribution in [0.1, 0.15) is 10.4 Å². The van der Waals surface area contributed by atoms with Gasteiger partial charge in [0.2, 0.25) is 0 Å². The highest BCUT2D eigenvalue weighted by atomic mass is 79.9. The van der Waals surface area contributed by atoms with Crippen molar-refractivity contribution in [3.05, 3.63) is 50.4 Å². The van der Waals surface area contributed by atoms with E-state index in [4.69, 9.17) is 5.11 Å². The lowest BCUT2D eigenvalue weighted by atomic mass is 10.2. The molecule has 19 heavy (non-hydrogen) atoms. The molecule has 8 heteroatoms. The van der Waals surface area contributed by atoms with Gasteiger partial charge in [-0.05, 0) is 28.1 Å². The molecule has 0 aliphatic carbocycles. The van der Waals surface area contributed by atoms with Crippen LogP contribution in [0, 0.1) is 11.6 Å². The molecule has 2 rings (SSSR count). The SMILES string of the molecule is O=C(O)c1cnc(-c2ccc(F)c(F)c2Br)[nH]c1=O. The zero-order valence-electron chi connectivity index (χ0n) is 9.08. The van der Waals surface area contributed by atoms with E-state index in [0.717, 1.165) is 12.3 Å². The minimum Gasteiger partial charge on any atom is -0.477 e. The van der Waals surface area contributed by atoms with Crippen LogP contribution in [0.4, 0.5) is 8.78 Å². The molecular weight excluding hydrogens is 326 g/mol. The van der Waals surface area contributed by atoms with Gasteiger partial charge in [-0.25, -0.2) is 18.6 Å². The Labute approximate surface area is 113 Å². The van der Waals surface area contributed by atoms with E-state index in [-0.39, 0.29) is 15.9 Å². The fourth-order valence-corrected chi connectivity index (χ4v) is 1.90. The molecule has 1 heterocycles. The third kappa shape index (κ3) is 2.39. The van der Waals surface area contributed by atoms with Crippen LogP contribution in [-0.4, -0.2) is 21.0 Å². The number of aromatic carboxylic acids is 1. The van der Waals surface area contributed by atoms with E-state index in [1.165, 1.54) is 6.07 Å². The van der Waals surface area contributed by atoms with Crippen molar-refractivity contribution in [2.24, 2.45) is 0 Å². The standard InChI is InChI=1S/C11H5BrF2N2O3/c12-7-4(1-2-6(13)8(7)14)9-15-3-5(11(18)19)10(17)16-9/h1-3H,(H,18,19)(H,15,16,17). The van der Waals surface area contributed by atoms with E-state index in [2.05, 4.69) is 25.9 Å². The van der Waals surface area contributed by atoms with Gasteiger partial charge in [-0.15, -0.1) is 0 Å². The zero-order chi connectivity index (χ0) is 14.2. The highest BCUT2D eigenvalue weighted by Crippen LogP contribution is 2.28. The number of carbonyl (C=O) groups is 1. The summed E-state index contributed by atoms with van der Waals surface area (Å²) in [7, 11) is 0. The van der Waals surface area contributed by atoms with E-state index < -0.39 is 28.7 Å². The van der Waals surface area contributed by atoms with Crippen molar-refractivity contribution in [1.82, 2.24) is 9.97 Å². The second-order valence-corrected chi connectivity index (χ2v) is 4.30. The molecule has 0 amide bonds. The summed E-state index contributed by atoms with van der Waals surface area (Å²) >= 11 is 2.85. The molecule has 0 unspecified atom stereocenters. The predicted octanol–water partition coefficient (Wildman–Crippen LogP) is 2.18. The summed E-state index contributed by atoms with van der Waals surface area (Å²) in [6.45, 7) is 0. The molecule has 1 aromatic carbocycles. The number of hydrogen-bond acceptors (Lipinski definition) is 3. The monoisotopic (exact) mass is 330 g/mol. The van der Waals surface area contributed by atoms with Crippen molar-refractivity contribution in [2.75, 3.05) is 0 Å². The second-order valence-electron chi connectivity index (χ2n) is 3.50. The molecule has 0 saturated carbocycles. The predicted molar refractivity (Wildman–Crippen MR) is 64.9 cm³/mol. The van der Waals surface area contributed by atoms with Gasteiger partial charge >= 0.3 is 5.97 Å². The van der Waals surface area contributed by atoms with Gasteiger partial charge < -0.3 is 10.1 Å². The summed E-state index contributed by atoms with van der Waals surface area (Å²) in [4.78, 5) is 28.0. The van der Waals surface area contributed by atoms with Gasteiger partial charge in [-0.1, -0.05) is 0 Å². The topological polar surface area (TPSA) is 83.0 Å². The van der Waals surface area contributed by atoms with E-state index in [9.17, 15) is 18.4 Å². The molecule has 0 spiro atoms. The maximum absolute atomic E-state index is 13.3. The van der Waals surface area contributed by atoms with Crippen molar-refractivity contribution in [3.8, 4) is 11.4 Å². The van der Waals surface area contributed by atoms with E-state index in [0.29, 0.717) is 0 Å². The van der Waals surface area contributed by atoms with Gasteiger partial charge in [0.05, 0.1) is 4.47 Å². The maximum Gasteiger partial charge on any atom is 0.342 e. The Balaban J connectivity index is 2.61. The number of carboxylic acids is 1. The summed E-state index contributed by atoms with van der Waals surface area (Å²) in [6, 6.07) is 2.09. The number of H-pyrrole nitrogens is 1. The van der Waals surface area contributed by atoms with Crippen molar-refractivity contribution in [2.45, 2.75) is 0 Å². The number of rotatable bonds is 2. The smallest absolute Gasteiger partial charge is 0.342 e. The lowest BCUT2D eigenvalue weighted by molar-refractivity contribution is 0.0694. The van der Waals surface area contributed by atoms with Gasteiger partial charge in [0.25, 0.3) is 5.56 Å². The third-order valence-electron chi connectivity index (χ3n) is 2.32. The Morgan fingerprint density at radius 1 is 1.37 bits per heavy atom. The highest BCUT2D eigenvalue weighted by Gasteiger charge is 2.16. The molecule has 2 aromatic rings. The minimum atomic E-state index is -1.43. The number of aromatic nitrogens is 2. The summed E-state index contributed by atoms with van der Waals surface area (Å²) in [5, 5.41) is 8.68. The number of benzene rings is 1. The van der Waals surface area contributed by atoms with Gasteiger partial charge in [0, 0.05) is 11.8 Å². The lowest BCUT2D eigenvalue weighted by Crippen LogP contribution is -2.18. The first kappa shape index (κ1) is 13.3. The average Bonchev–Trinajstić information content (AvgIpc) is 2.35. The maximum atomic E-state index is 13.3. The van der Waals surface area contributed by atoms with Crippen molar-refractivity contribution < 1.29 is 18.7 Å². The summed E-state index contributed by atoms with van der Waals surface area (Å²) < 4.78 is 26.1. The van der Waals surface area contributed by atoms with Gasteiger partial charge in [-0.2, -0.15) is 0 Å². The summed E-state index contributed by atoms with van der Waals surface area (Å²) in [6.07, 6.45) is 0.851. The van der Waals surface area contributed by atoms with E-state index in [1.807, 2.05) is 0 Å². The van der Waals surface area contributed by atoms with Crippen LogP contribution in [0.3, 0.4) is 0 Å². The van der Waals surface area contributed by atoms with Crippen LogP contribution < -0.4 is 5.56 Å². The molecule has 0 radical (unpaired) electrons. The molecule has 0 aliphatic heterocycles. The van der Waals surface area contributed by atoms with Crippen LogP contribution in [0.5, 0.6) is 0 Å². The van der Waals surface area contributed by atoms with Crippen LogP contribution in [0.15, 0.2) is 27.6 Å². The number of halogens is 3. The first-order chi connectivity index (χ1) is 8.91.